The van der Waals surface area contributed by atoms with Gasteiger partial charge >= 0.3 is 0 Å². The molecule has 144 valence electrons. The fraction of sp³-hybridized carbons (Fsp3) is 0. The predicted molar refractivity (Wildman–Crippen MR) is 113 cm³/mol. The fourth-order valence-electron chi connectivity index (χ4n) is 2.83. The summed E-state index contributed by atoms with van der Waals surface area (Å²) in [4.78, 5) is 25.1. The number of thiocarbonyl (C=S) groups is 1. The number of thioether (sulfide) groups is 1. The summed E-state index contributed by atoms with van der Waals surface area (Å²) in [7, 11) is 0. The number of amides is 1. The molecule has 1 amide bonds. The van der Waals surface area contributed by atoms with Crippen molar-refractivity contribution in [3.63, 3.8) is 0 Å². The average molecular weight is 426 g/mol. The van der Waals surface area contributed by atoms with Crippen molar-refractivity contribution < 1.29 is 18.5 Å². The maximum atomic E-state index is 13.1. The normalized spacial score (nSPS) is 15.3. The number of nitrogens with zero attached hydrogens (tertiary/aromatic N) is 2. The molecule has 2 aromatic carbocycles. The number of furan rings is 1. The minimum atomic E-state index is -0.481. The first kappa shape index (κ1) is 19.0. The van der Waals surface area contributed by atoms with Crippen molar-refractivity contribution in [2.45, 2.75) is 0 Å². The summed E-state index contributed by atoms with van der Waals surface area (Å²) in [6.45, 7) is 0. The van der Waals surface area contributed by atoms with Gasteiger partial charge < -0.3 is 4.42 Å². The van der Waals surface area contributed by atoms with Crippen LogP contribution in [0, 0.1) is 15.9 Å². The number of rotatable bonds is 4. The topological polar surface area (TPSA) is 76.6 Å². The lowest BCUT2D eigenvalue weighted by Crippen LogP contribution is -2.27. The van der Waals surface area contributed by atoms with Crippen molar-refractivity contribution >= 4 is 51.7 Å². The Labute approximate surface area is 173 Å². The number of nitro benzene ring substituents is 1. The van der Waals surface area contributed by atoms with Crippen LogP contribution in [0.5, 0.6) is 0 Å². The van der Waals surface area contributed by atoms with Crippen molar-refractivity contribution in [3.8, 4) is 11.3 Å². The van der Waals surface area contributed by atoms with Gasteiger partial charge in [0.05, 0.1) is 21.1 Å². The van der Waals surface area contributed by atoms with Gasteiger partial charge in [0.2, 0.25) is 0 Å². The minimum Gasteiger partial charge on any atom is -0.456 e. The van der Waals surface area contributed by atoms with E-state index in [9.17, 15) is 19.3 Å². The summed E-state index contributed by atoms with van der Waals surface area (Å²) in [5.41, 5.74) is 0.740. The van der Waals surface area contributed by atoms with Crippen molar-refractivity contribution in [1.29, 1.82) is 0 Å². The van der Waals surface area contributed by atoms with Crippen LogP contribution >= 0.6 is 24.0 Å². The Kier molecular flexibility index (Phi) is 4.99. The van der Waals surface area contributed by atoms with Gasteiger partial charge in [0.1, 0.15) is 17.3 Å². The molecule has 0 N–H and O–H groups in total. The molecule has 3 aromatic rings. The van der Waals surface area contributed by atoms with Crippen molar-refractivity contribution in [2.75, 3.05) is 4.90 Å². The monoisotopic (exact) mass is 426 g/mol. The standard InChI is InChI=1S/C20H11FN2O4S2/c21-12-5-7-13(8-6-12)22-19(24)18(29-20(22)28)11-14-9-10-17(27-14)15-3-1-2-4-16(15)23(25)26/h1-11H/b18-11+. The summed E-state index contributed by atoms with van der Waals surface area (Å²) in [6, 6.07) is 14.9. The Morgan fingerprint density at radius 1 is 1.10 bits per heavy atom. The molecule has 1 aliphatic rings. The van der Waals surface area contributed by atoms with E-state index in [0.29, 0.717) is 32.0 Å². The molecule has 1 aromatic heterocycles. The van der Waals surface area contributed by atoms with E-state index in [2.05, 4.69) is 0 Å². The SMILES string of the molecule is O=C1/C(=C\c2ccc(-c3ccccc3[N+](=O)[O-])o2)SC(=S)N1c1ccc(F)cc1. The molecule has 0 radical (unpaired) electrons. The van der Waals surface area contributed by atoms with Gasteiger partial charge in [-0.05, 0) is 42.5 Å². The fourth-order valence-corrected chi connectivity index (χ4v) is 4.11. The van der Waals surface area contributed by atoms with Gasteiger partial charge in [0.25, 0.3) is 11.6 Å². The maximum absolute atomic E-state index is 13.1. The van der Waals surface area contributed by atoms with E-state index in [0.717, 1.165) is 11.8 Å². The van der Waals surface area contributed by atoms with E-state index in [4.69, 9.17) is 16.6 Å². The number of benzene rings is 2. The largest absolute Gasteiger partial charge is 0.456 e. The third-order valence-electron chi connectivity index (χ3n) is 4.14. The Balaban J connectivity index is 1.63. The van der Waals surface area contributed by atoms with Crippen LogP contribution in [-0.2, 0) is 4.79 Å². The summed E-state index contributed by atoms with van der Waals surface area (Å²) in [5, 5.41) is 11.2. The highest BCUT2D eigenvalue weighted by Gasteiger charge is 2.33. The molecule has 1 fully saturated rings. The number of anilines is 1. The zero-order valence-electron chi connectivity index (χ0n) is 14.6. The van der Waals surface area contributed by atoms with Crippen LogP contribution in [0.1, 0.15) is 5.76 Å². The number of carbonyl (C=O) groups excluding carboxylic acids is 1. The molecule has 1 aliphatic heterocycles. The molecule has 4 rings (SSSR count). The van der Waals surface area contributed by atoms with E-state index in [-0.39, 0.29) is 11.6 Å². The van der Waals surface area contributed by atoms with E-state index in [1.54, 1.807) is 30.3 Å². The van der Waals surface area contributed by atoms with Crippen LogP contribution in [0.2, 0.25) is 0 Å². The number of carbonyl (C=O) groups is 1. The van der Waals surface area contributed by atoms with Gasteiger partial charge in [-0.25, -0.2) is 4.39 Å². The molecule has 0 spiro atoms. The molecule has 6 nitrogen and oxygen atoms in total. The lowest BCUT2D eigenvalue weighted by atomic mass is 10.1. The van der Waals surface area contributed by atoms with E-state index < -0.39 is 10.7 Å². The zero-order chi connectivity index (χ0) is 20.5. The predicted octanol–water partition coefficient (Wildman–Crippen LogP) is 5.40. The average Bonchev–Trinajstić information content (AvgIpc) is 3.27. The lowest BCUT2D eigenvalue weighted by Gasteiger charge is -2.14. The third kappa shape index (κ3) is 3.69. The zero-order valence-corrected chi connectivity index (χ0v) is 16.2. The molecule has 0 atom stereocenters. The first-order chi connectivity index (χ1) is 13.9. The van der Waals surface area contributed by atoms with Gasteiger partial charge in [-0.15, -0.1) is 0 Å². The van der Waals surface area contributed by atoms with Crippen LogP contribution in [0.4, 0.5) is 15.8 Å². The Morgan fingerprint density at radius 2 is 1.83 bits per heavy atom. The number of halogens is 1. The molecule has 0 aliphatic carbocycles. The smallest absolute Gasteiger partial charge is 0.280 e. The number of hydrogen-bond donors (Lipinski definition) is 0. The number of hydrogen-bond acceptors (Lipinski definition) is 6. The quantitative estimate of drug-likeness (QED) is 0.241. The van der Waals surface area contributed by atoms with E-state index >= 15 is 0 Å². The van der Waals surface area contributed by atoms with Crippen LogP contribution in [0.25, 0.3) is 17.4 Å². The molecular weight excluding hydrogens is 415 g/mol. The summed E-state index contributed by atoms with van der Waals surface area (Å²) in [5.74, 6) is -0.0848. The summed E-state index contributed by atoms with van der Waals surface area (Å²) in [6.07, 6.45) is 1.53. The molecule has 0 saturated carbocycles. The van der Waals surface area contributed by atoms with Crippen molar-refractivity contribution in [1.82, 2.24) is 0 Å². The van der Waals surface area contributed by atoms with Crippen molar-refractivity contribution in [3.05, 3.63) is 87.3 Å². The summed E-state index contributed by atoms with van der Waals surface area (Å²) < 4.78 is 19.2. The van der Waals surface area contributed by atoms with Gasteiger partial charge in [-0.1, -0.05) is 36.1 Å². The molecule has 9 heteroatoms. The van der Waals surface area contributed by atoms with Gasteiger partial charge in [-0.2, -0.15) is 0 Å². The van der Waals surface area contributed by atoms with Crippen LogP contribution in [0.3, 0.4) is 0 Å². The maximum Gasteiger partial charge on any atom is 0.280 e. The Hall–Kier alpha value is -3.30. The van der Waals surface area contributed by atoms with Gasteiger partial charge in [0, 0.05) is 12.1 Å². The second-order valence-corrected chi connectivity index (χ2v) is 7.65. The van der Waals surface area contributed by atoms with Crippen molar-refractivity contribution in [2.24, 2.45) is 0 Å². The molecule has 29 heavy (non-hydrogen) atoms. The highest BCUT2D eigenvalue weighted by Crippen LogP contribution is 2.37. The molecule has 1 saturated heterocycles. The van der Waals surface area contributed by atoms with Crippen LogP contribution in [-0.4, -0.2) is 15.2 Å². The number of para-hydroxylation sites is 1. The van der Waals surface area contributed by atoms with Crippen LogP contribution in [0.15, 0.2) is 70.0 Å². The lowest BCUT2D eigenvalue weighted by molar-refractivity contribution is -0.384. The highest BCUT2D eigenvalue weighted by molar-refractivity contribution is 8.27. The van der Waals surface area contributed by atoms with Crippen LogP contribution < -0.4 is 4.90 Å². The highest BCUT2D eigenvalue weighted by atomic mass is 32.2. The molecular formula is C20H11FN2O4S2. The second kappa shape index (κ2) is 7.61. The molecule has 0 bridgehead atoms. The Bertz CT molecular complexity index is 1170. The first-order valence-electron chi connectivity index (χ1n) is 8.31. The Morgan fingerprint density at radius 3 is 2.55 bits per heavy atom. The van der Waals surface area contributed by atoms with E-state index in [1.165, 1.54) is 41.3 Å². The van der Waals surface area contributed by atoms with Gasteiger partial charge in [-0.3, -0.25) is 19.8 Å². The van der Waals surface area contributed by atoms with Gasteiger partial charge in [0.15, 0.2) is 4.32 Å². The molecule has 0 unspecified atom stereocenters. The second-order valence-electron chi connectivity index (χ2n) is 5.97. The first-order valence-corrected chi connectivity index (χ1v) is 9.53. The molecule has 2 heterocycles. The minimum absolute atomic E-state index is 0.0731. The van der Waals surface area contributed by atoms with E-state index in [1.807, 2.05) is 0 Å². The third-order valence-corrected chi connectivity index (χ3v) is 5.45. The number of nitro groups is 1. The summed E-state index contributed by atoms with van der Waals surface area (Å²) >= 11 is 6.38.